The van der Waals surface area contributed by atoms with Crippen LogP contribution in [0.15, 0.2) is 30.5 Å². The Hall–Kier alpha value is -1.68. The molecule has 1 heterocycles. The fourth-order valence-electron chi connectivity index (χ4n) is 2.18. The number of aryl methyl sites for hydroxylation is 1. The van der Waals surface area contributed by atoms with Gasteiger partial charge in [0.2, 0.25) is 0 Å². The minimum Gasteiger partial charge on any atom is -0.321 e. The summed E-state index contributed by atoms with van der Waals surface area (Å²) in [6.45, 7) is 0. The van der Waals surface area contributed by atoms with Crippen LogP contribution in [-0.2, 0) is 12.6 Å². The van der Waals surface area contributed by atoms with Gasteiger partial charge in [-0.15, -0.1) is 0 Å². The van der Waals surface area contributed by atoms with Gasteiger partial charge >= 0.3 is 0 Å². The molecule has 1 aromatic carbocycles. The molecule has 1 aliphatic rings. The molecular weight excluding hydrogens is 217 g/mol. The fraction of sp³-hybridized carbons (Fsp3) is 0.308. The Morgan fingerprint density at radius 1 is 1.35 bits per heavy atom. The first kappa shape index (κ1) is 10.5. The van der Waals surface area contributed by atoms with E-state index >= 15 is 0 Å². The van der Waals surface area contributed by atoms with Crippen LogP contribution in [0.3, 0.4) is 0 Å². The SMILES string of the molecule is Cn1ncc(C2(N)CC2)c1-c1ccccc1F. The Morgan fingerprint density at radius 3 is 2.71 bits per heavy atom. The molecule has 0 aliphatic heterocycles. The van der Waals surface area contributed by atoms with Crippen LogP contribution in [-0.4, -0.2) is 9.78 Å². The zero-order valence-corrected chi connectivity index (χ0v) is 9.65. The highest BCUT2D eigenvalue weighted by Crippen LogP contribution is 2.46. The number of hydrogen-bond donors (Lipinski definition) is 1. The van der Waals surface area contributed by atoms with Crippen molar-refractivity contribution in [3.05, 3.63) is 41.8 Å². The Labute approximate surface area is 99.1 Å². The van der Waals surface area contributed by atoms with Crippen LogP contribution in [0, 0.1) is 5.82 Å². The van der Waals surface area contributed by atoms with Crippen LogP contribution in [0.1, 0.15) is 18.4 Å². The number of aromatic nitrogens is 2. The van der Waals surface area contributed by atoms with Crippen LogP contribution in [0.5, 0.6) is 0 Å². The van der Waals surface area contributed by atoms with Crippen molar-refractivity contribution in [3.8, 4) is 11.3 Å². The first-order chi connectivity index (χ1) is 8.12. The third kappa shape index (κ3) is 1.56. The number of halogens is 1. The van der Waals surface area contributed by atoms with E-state index in [1.807, 2.05) is 13.1 Å². The molecule has 2 N–H and O–H groups in total. The second-order valence-corrected chi connectivity index (χ2v) is 4.67. The first-order valence-corrected chi connectivity index (χ1v) is 5.68. The molecule has 4 heteroatoms. The van der Waals surface area contributed by atoms with E-state index in [-0.39, 0.29) is 11.4 Å². The van der Waals surface area contributed by atoms with Gasteiger partial charge in [-0.05, 0) is 25.0 Å². The largest absolute Gasteiger partial charge is 0.321 e. The molecule has 1 aromatic heterocycles. The molecule has 0 amide bonds. The predicted octanol–water partition coefficient (Wildman–Crippen LogP) is 2.17. The van der Waals surface area contributed by atoms with Crippen molar-refractivity contribution >= 4 is 0 Å². The van der Waals surface area contributed by atoms with Crippen LogP contribution in [0.25, 0.3) is 11.3 Å². The summed E-state index contributed by atoms with van der Waals surface area (Å²) in [4.78, 5) is 0. The number of nitrogens with two attached hydrogens (primary N) is 1. The maximum absolute atomic E-state index is 13.8. The summed E-state index contributed by atoms with van der Waals surface area (Å²) in [5.41, 5.74) is 8.21. The monoisotopic (exact) mass is 231 g/mol. The van der Waals surface area contributed by atoms with Gasteiger partial charge in [-0.25, -0.2) is 4.39 Å². The molecule has 0 spiro atoms. The van der Waals surface area contributed by atoms with Crippen molar-refractivity contribution in [2.45, 2.75) is 18.4 Å². The second kappa shape index (κ2) is 3.40. The Kier molecular flexibility index (Phi) is 2.10. The molecule has 2 aromatic rings. The van der Waals surface area contributed by atoms with Gasteiger partial charge in [0.1, 0.15) is 5.82 Å². The molecule has 0 bridgehead atoms. The second-order valence-electron chi connectivity index (χ2n) is 4.67. The van der Waals surface area contributed by atoms with Crippen molar-refractivity contribution in [1.82, 2.24) is 9.78 Å². The highest BCUT2D eigenvalue weighted by Gasteiger charge is 2.43. The number of rotatable bonds is 2. The molecule has 1 saturated carbocycles. The van der Waals surface area contributed by atoms with Crippen molar-refractivity contribution in [2.75, 3.05) is 0 Å². The molecule has 0 saturated heterocycles. The normalized spacial score (nSPS) is 17.1. The molecule has 3 rings (SSSR count). The minimum absolute atomic E-state index is 0.235. The average molecular weight is 231 g/mol. The van der Waals surface area contributed by atoms with E-state index in [0.717, 1.165) is 24.1 Å². The molecule has 0 atom stereocenters. The van der Waals surface area contributed by atoms with E-state index in [2.05, 4.69) is 5.10 Å². The Morgan fingerprint density at radius 2 is 2.06 bits per heavy atom. The molecule has 0 unspecified atom stereocenters. The van der Waals surface area contributed by atoms with Crippen molar-refractivity contribution in [1.29, 1.82) is 0 Å². The minimum atomic E-state index is -0.300. The van der Waals surface area contributed by atoms with Gasteiger partial charge in [0.15, 0.2) is 0 Å². The van der Waals surface area contributed by atoms with Gasteiger partial charge in [-0.1, -0.05) is 12.1 Å². The van der Waals surface area contributed by atoms with Gasteiger partial charge < -0.3 is 5.73 Å². The van der Waals surface area contributed by atoms with E-state index in [9.17, 15) is 4.39 Å². The van der Waals surface area contributed by atoms with Gasteiger partial charge in [-0.2, -0.15) is 5.10 Å². The lowest BCUT2D eigenvalue weighted by atomic mass is 10.0. The standard InChI is InChI=1S/C13H14FN3/c1-17-12(9-4-2-3-5-11(9)14)10(8-16-17)13(15)6-7-13/h2-5,8H,6-7,15H2,1H3. The topological polar surface area (TPSA) is 43.8 Å². The van der Waals surface area contributed by atoms with Crippen molar-refractivity contribution < 1.29 is 4.39 Å². The summed E-state index contributed by atoms with van der Waals surface area (Å²) in [5, 5.41) is 4.21. The number of nitrogens with zero attached hydrogens (tertiary/aromatic N) is 2. The molecule has 1 aliphatic carbocycles. The maximum Gasteiger partial charge on any atom is 0.132 e. The zero-order valence-electron chi connectivity index (χ0n) is 9.65. The molecule has 3 nitrogen and oxygen atoms in total. The highest BCUT2D eigenvalue weighted by atomic mass is 19.1. The Balaban J connectivity index is 2.21. The summed E-state index contributed by atoms with van der Waals surface area (Å²) in [7, 11) is 1.82. The molecule has 17 heavy (non-hydrogen) atoms. The molecule has 1 fully saturated rings. The highest BCUT2D eigenvalue weighted by molar-refractivity contribution is 5.66. The van der Waals surface area contributed by atoms with E-state index < -0.39 is 0 Å². The zero-order chi connectivity index (χ0) is 12.0. The van der Waals surface area contributed by atoms with Crippen LogP contribution < -0.4 is 5.73 Å². The third-order valence-corrected chi connectivity index (χ3v) is 3.39. The van der Waals surface area contributed by atoms with E-state index in [0.29, 0.717) is 5.56 Å². The summed E-state index contributed by atoms with van der Waals surface area (Å²) < 4.78 is 15.5. The molecule has 0 radical (unpaired) electrons. The lowest BCUT2D eigenvalue weighted by molar-refractivity contribution is 0.627. The lowest BCUT2D eigenvalue weighted by Crippen LogP contribution is -2.19. The van der Waals surface area contributed by atoms with Gasteiger partial charge in [0.05, 0.1) is 11.9 Å². The van der Waals surface area contributed by atoms with Gasteiger partial charge in [-0.3, -0.25) is 4.68 Å². The van der Waals surface area contributed by atoms with Crippen LogP contribution >= 0.6 is 0 Å². The van der Waals surface area contributed by atoms with Gasteiger partial charge in [0, 0.05) is 23.7 Å². The van der Waals surface area contributed by atoms with E-state index in [1.54, 1.807) is 23.0 Å². The fourth-order valence-corrected chi connectivity index (χ4v) is 2.18. The molecular formula is C13H14FN3. The number of hydrogen-bond acceptors (Lipinski definition) is 2. The summed E-state index contributed by atoms with van der Waals surface area (Å²) >= 11 is 0. The van der Waals surface area contributed by atoms with Crippen LogP contribution in [0.2, 0.25) is 0 Å². The van der Waals surface area contributed by atoms with E-state index in [4.69, 9.17) is 5.73 Å². The smallest absolute Gasteiger partial charge is 0.132 e. The summed E-state index contributed by atoms with van der Waals surface area (Å²) in [5.74, 6) is -0.235. The van der Waals surface area contributed by atoms with Crippen molar-refractivity contribution in [2.24, 2.45) is 12.8 Å². The van der Waals surface area contributed by atoms with E-state index in [1.165, 1.54) is 6.07 Å². The van der Waals surface area contributed by atoms with Crippen LogP contribution in [0.4, 0.5) is 4.39 Å². The third-order valence-electron chi connectivity index (χ3n) is 3.39. The average Bonchev–Trinajstić information content (AvgIpc) is 2.93. The Bertz CT molecular complexity index is 570. The quantitative estimate of drug-likeness (QED) is 0.860. The van der Waals surface area contributed by atoms with Gasteiger partial charge in [0.25, 0.3) is 0 Å². The summed E-state index contributed by atoms with van der Waals surface area (Å²) in [6, 6.07) is 6.74. The number of benzene rings is 1. The molecule has 88 valence electrons. The lowest BCUT2D eigenvalue weighted by Gasteiger charge is -2.11. The summed E-state index contributed by atoms with van der Waals surface area (Å²) in [6.07, 6.45) is 3.65. The van der Waals surface area contributed by atoms with Crippen molar-refractivity contribution in [3.63, 3.8) is 0 Å². The maximum atomic E-state index is 13.8. The predicted molar refractivity (Wildman–Crippen MR) is 63.7 cm³/mol. The first-order valence-electron chi connectivity index (χ1n) is 5.68.